The first-order valence-corrected chi connectivity index (χ1v) is 17.3. The van der Waals surface area contributed by atoms with Crippen LogP contribution in [0, 0.1) is 23.7 Å². The Morgan fingerprint density at radius 2 is 1.85 bits per heavy atom. The number of carbonyl (C=O) groups is 4. The number of likely N-dealkylation sites (tertiary alicyclic amines) is 1. The molecule has 10 nitrogen and oxygen atoms in total. The maximum atomic E-state index is 13.8. The predicted octanol–water partition coefficient (Wildman–Crippen LogP) is 6.18. The van der Waals surface area contributed by atoms with Gasteiger partial charge >= 0.3 is 12.1 Å². The molecule has 254 valence electrons. The molecule has 7 atom stereocenters. The lowest BCUT2D eigenvalue weighted by atomic mass is 10.1. The quantitative estimate of drug-likeness (QED) is 0.140. The number of hydrogen-bond acceptors (Lipinski definition) is 8. The van der Waals surface area contributed by atoms with Gasteiger partial charge in [0.05, 0.1) is 19.1 Å². The van der Waals surface area contributed by atoms with Gasteiger partial charge in [0.2, 0.25) is 11.8 Å². The lowest BCUT2D eigenvalue weighted by Gasteiger charge is -2.29. The molecule has 3 aliphatic rings. The number of hydrogen-bond donors (Lipinski definition) is 2. The Balaban J connectivity index is 0.000000549. The van der Waals surface area contributed by atoms with Crippen LogP contribution >= 0.6 is 28.0 Å². The van der Waals surface area contributed by atoms with Crippen molar-refractivity contribution in [1.82, 2.24) is 10.2 Å². The molecule has 1 heterocycles. The average molecular weight is 723 g/mol. The lowest BCUT2D eigenvalue weighted by molar-refractivity contribution is -0.142. The summed E-state index contributed by atoms with van der Waals surface area (Å²) in [5, 5.41) is 2.81. The molecule has 3 N–H and O–H groups in total. The number of amides is 3. The van der Waals surface area contributed by atoms with E-state index in [1.54, 1.807) is 20.8 Å². The lowest BCUT2D eigenvalue weighted by Crippen LogP contribution is -2.54. The van der Waals surface area contributed by atoms with Crippen molar-refractivity contribution in [3.63, 3.8) is 0 Å². The summed E-state index contributed by atoms with van der Waals surface area (Å²) in [6.07, 6.45) is 10.0. The van der Waals surface area contributed by atoms with E-state index in [4.69, 9.17) is 14.7 Å². The zero-order valence-corrected chi connectivity index (χ0v) is 29.8. The number of ether oxygens (including phenoxy) is 2. The number of carbonyl (C=O) groups excluding carboxylic acids is 4. The number of rotatable bonds is 13. The first-order chi connectivity index (χ1) is 21.8. The highest BCUT2D eigenvalue weighted by molar-refractivity contribution is 9.10. The standard InChI is InChI=1S/C27H38BrN3O5S.C7H10O2/c1-5-6-7-8-9-17-14-21(17)23(30-26(34)35-27(2,3)4)25(33)31-16-19(15-22(31)24(29)32)36-37-20-12-10-18(28)11-13-20;1-3-5-4-6(5)7(8)9-2/h6-7,10-13,17,19,21-23H,5,8-9,14-16H2,1-4H3,(H2,29,32)(H,30,34);3,5-6H,1,4H2,2H3/b7-6-;/t17?,19?,21?,22?,23-;/m0./s1. The van der Waals surface area contributed by atoms with Gasteiger partial charge in [-0.2, -0.15) is 0 Å². The minimum atomic E-state index is -0.796. The van der Waals surface area contributed by atoms with E-state index in [0.717, 1.165) is 41.5 Å². The summed E-state index contributed by atoms with van der Waals surface area (Å²) < 4.78 is 16.9. The minimum Gasteiger partial charge on any atom is -0.469 e. The molecule has 3 fully saturated rings. The molecular weight excluding hydrogens is 674 g/mol. The topological polar surface area (TPSA) is 137 Å². The van der Waals surface area contributed by atoms with Crippen LogP contribution in [0.4, 0.5) is 4.79 Å². The van der Waals surface area contributed by atoms with Crippen molar-refractivity contribution < 1.29 is 32.8 Å². The fraction of sp³-hybridized carbons (Fsp3) is 0.588. The van der Waals surface area contributed by atoms with Gasteiger partial charge in [0, 0.05) is 34.4 Å². The van der Waals surface area contributed by atoms with Gasteiger partial charge in [-0.15, -0.1) is 6.58 Å². The second-order valence-corrected chi connectivity index (χ2v) is 14.7. The molecule has 1 saturated heterocycles. The van der Waals surface area contributed by atoms with E-state index < -0.39 is 29.7 Å². The molecular formula is C34H48BrN3O7S. The summed E-state index contributed by atoms with van der Waals surface area (Å²) in [6.45, 7) is 11.2. The van der Waals surface area contributed by atoms with Gasteiger partial charge in [0.25, 0.3) is 0 Å². The third kappa shape index (κ3) is 11.8. The van der Waals surface area contributed by atoms with Gasteiger partial charge in [-0.3, -0.25) is 14.4 Å². The summed E-state index contributed by atoms with van der Waals surface area (Å²) in [5.74, 6) is -0.183. The number of primary amides is 1. The van der Waals surface area contributed by atoms with Gasteiger partial charge in [-0.1, -0.05) is 41.1 Å². The van der Waals surface area contributed by atoms with E-state index in [9.17, 15) is 19.2 Å². The van der Waals surface area contributed by atoms with Gasteiger partial charge < -0.3 is 29.6 Å². The largest absolute Gasteiger partial charge is 0.469 e. The van der Waals surface area contributed by atoms with Gasteiger partial charge in [-0.25, -0.2) is 4.79 Å². The summed E-state index contributed by atoms with van der Waals surface area (Å²) in [4.78, 5) is 51.8. The highest BCUT2D eigenvalue weighted by atomic mass is 79.9. The van der Waals surface area contributed by atoms with Crippen molar-refractivity contribution in [2.45, 2.75) is 94.9 Å². The molecule has 4 rings (SSSR count). The van der Waals surface area contributed by atoms with Crippen LogP contribution in [0.1, 0.15) is 66.2 Å². The molecule has 2 aliphatic carbocycles. The number of alkyl carbamates (subject to hydrolysis) is 1. The molecule has 3 amide bonds. The molecule has 1 aromatic carbocycles. The third-order valence-corrected chi connectivity index (χ3v) is 9.43. The molecule has 0 spiro atoms. The minimum absolute atomic E-state index is 0.0133. The maximum Gasteiger partial charge on any atom is 0.408 e. The molecule has 0 aromatic heterocycles. The second-order valence-electron chi connectivity index (χ2n) is 12.9. The van der Waals surface area contributed by atoms with Gasteiger partial charge in [0.15, 0.2) is 0 Å². The van der Waals surface area contributed by atoms with Crippen LogP contribution in [0.5, 0.6) is 0 Å². The number of esters is 1. The van der Waals surface area contributed by atoms with E-state index in [1.165, 1.54) is 24.1 Å². The number of benzene rings is 1. The Hall–Kier alpha value is -2.83. The smallest absolute Gasteiger partial charge is 0.408 e. The molecule has 0 radical (unpaired) electrons. The third-order valence-electron chi connectivity index (χ3n) is 8.06. The molecule has 6 unspecified atom stereocenters. The molecule has 2 saturated carbocycles. The fourth-order valence-corrected chi connectivity index (χ4v) is 6.36. The van der Waals surface area contributed by atoms with Crippen molar-refractivity contribution in [2.75, 3.05) is 13.7 Å². The summed E-state index contributed by atoms with van der Waals surface area (Å²) in [6, 6.07) is 6.09. The van der Waals surface area contributed by atoms with Crippen LogP contribution in [0.25, 0.3) is 0 Å². The molecule has 1 aromatic rings. The van der Waals surface area contributed by atoms with Crippen LogP contribution in [0.15, 0.2) is 58.4 Å². The number of methoxy groups -OCH3 is 1. The Morgan fingerprint density at radius 1 is 1.15 bits per heavy atom. The molecule has 46 heavy (non-hydrogen) atoms. The van der Waals surface area contributed by atoms with Crippen molar-refractivity contribution in [1.29, 1.82) is 0 Å². The number of allylic oxidation sites excluding steroid dienone is 3. The Bertz CT molecular complexity index is 1250. The normalized spacial score (nSPS) is 25.6. The fourth-order valence-electron chi connectivity index (χ4n) is 5.46. The van der Waals surface area contributed by atoms with Crippen molar-refractivity contribution in [2.24, 2.45) is 29.4 Å². The predicted molar refractivity (Wildman–Crippen MR) is 181 cm³/mol. The van der Waals surface area contributed by atoms with Crippen LogP contribution < -0.4 is 11.1 Å². The monoisotopic (exact) mass is 721 g/mol. The molecule has 12 heteroatoms. The van der Waals surface area contributed by atoms with Gasteiger partial charge in [-0.05, 0) is 94.9 Å². The van der Waals surface area contributed by atoms with Crippen molar-refractivity contribution in [3.8, 4) is 0 Å². The average Bonchev–Trinajstić information content (AvgIpc) is 3.92. The second kappa shape index (κ2) is 17.4. The first kappa shape index (κ1) is 37.6. The van der Waals surface area contributed by atoms with E-state index in [2.05, 4.69) is 51.6 Å². The number of nitrogens with one attached hydrogen (secondary N) is 1. The number of nitrogens with zero attached hydrogens (tertiary/aromatic N) is 1. The summed E-state index contributed by atoms with van der Waals surface area (Å²) in [7, 11) is 1.42. The number of nitrogens with two attached hydrogens (primary N) is 1. The number of halogens is 1. The highest BCUT2D eigenvalue weighted by Gasteiger charge is 2.50. The Morgan fingerprint density at radius 3 is 2.41 bits per heavy atom. The first-order valence-electron chi connectivity index (χ1n) is 15.8. The van der Waals surface area contributed by atoms with E-state index in [1.807, 2.05) is 30.3 Å². The summed E-state index contributed by atoms with van der Waals surface area (Å²) in [5.41, 5.74) is 4.99. The zero-order valence-electron chi connectivity index (χ0n) is 27.4. The highest BCUT2D eigenvalue weighted by Crippen LogP contribution is 2.46. The van der Waals surface area contributed by atoms with Crippen LogP contribution in [-0.2, 0) is 28.0 Å². The van der Waals surface area contributed by atoms with Crippen LogP contribution in [0.3, 0.4) is 0 Å². The van der Waals surface area contributed by atoms with E-state index >= 15 is 0 Å². The van der Waals surface area contributed by atoms with Crippen molar-refractivity contribution in [3.05, 3.63) is 53.5 Å². The van der Waals surface area contributed by atoms with E-state index in [-0.39, 0.29) is 36.4 Å². The van der Waals surface area contributed by atoms with Gasteiger partial charge in [0.1, 0.15) is 17.7 Å². The SMILES string of the molecule is C=CC1CC1C(=O)OC.CC/C=C\CCC1CC1[C@H](NC(=O)OC(C)(C)C)C(=O)N1CC(OSc2ccc(Br)cc2)CC1C(N)=O. The maximum absolute atomic E-state index is 13.8. The Kier molecular flexibility index (Phi) is 14.2. The van der Waals surface area contributed by atoms with E-state index in [0.29, 0.717) is 18.3 Å². The Labute approximate surface area is 285 Å². The summed E-state index contributed by atoms with van der Waals surface area (Å²) >= 11 is 4.61. The van der Waals surface area contributed by atoms with Crippen molar-refractivity contribution >= 4 is 51.8 Å². The molecule has 0 bridgehead atoms. The zero-order chi connectivity index (χ0) is 34.0. The van der Waals surface area contributed by atoms with Crippen LogP contribution in [-0.4, -0.2) is 66.2 Å². The molecule has 1 aliphatic heterocycles. The van der Waals surface area contributed by atoms with Crippen LogP contribution in [0.2, 0.25) is 0 Å².